The second-order valence-electron chi connectivity index (χ2n) is 16.1. The van der Waals surface area contributed by atoms with Crippen LogP contribution in [-0.2, 0) is 32.7 Å². The summed E-state index contributed by atoms with van der Waals surface area (Å²) in [6.45, 7) is 2.40. The molecule has 0 fully saturated rings. The molecule has 58 heavy (non-hydrogen) atoms. The lowest BCUT2D eigenvalue weighted by Crippen LogP contribution is -2.29. The fourth-order valence-electron chi connectivity index (χ4n) is 6.67. The number of phosphoric acid groups is 1. The van der Waals surface area contributed by atoms with E-state index in [1.165, 1.54) is 135 Å². The molecule has 0 amide bonds. The van der Waals surface area contributed by atoms with Crippen molar-refractivity contribution in [2.24, 2.45) is 0 Å². The molecule has 0 aliphatic heterocycles. The highest BCUT2D eigenvalue weighted by molar-refractivity contribution is 7.47. The van der Waals surface area contributed by atoms with E-state index in [-0.39, 0.29) is 19.4 Å². The molecule has 3 atom stereocenters. The fraction of sp³-hybridized carbons (Fsp3) is 0.872. The summed E-state index contributed by atoms with van der Waals surface area (Å²) in [5.41, 5.74) is 0. The van der Waals surface area contributed by atoms with E-state index in [1.54, 1.807) is 0 Å². The first-order valence-electron chi connectivity index (χ1n) is 23.8. The molecule has 11 heteroatoms. The van der Waals surface area contributed by atoms with Crippen molar-refractivity contribution in [2.75, 3.05) is 26.4 Å². The van der Waals surface area contributed by atoms with Crippen LogP contribution in [0.2, 0.25) is 0 Å². The van der Waals surface area contributed by atoms with Gasteiger partial charge in [0.15, 0.2) is 6.10 Å². The number of aliphatic hydroxyl groups excluding tert-OH is 2. The molecular formula is C47H89O10P. The monoisotopic (exact) mass is 845 g/mol. The van der Waals surface area contributed by atoms with Gasteiger partial charge in [0.1, 0.15) is 12.7 Å². The number of ether oxygens (including phenoxy) is 2. The molecule has 0 heterocycles. The Morgan fingerprint density at radius 3 is 1.33 bits per heavy atom. The Morgan fingerprint density at radius 2 is 0.897 bits per heavy atom. The van der Waals surface area contributed by atoms with Crippen LogP contribution in [0, 0.1) is 0 Å². The van der Waals surface area contributed by atoms with E-state index in [1.807, 2.05) is 0 Å². The van der Waals surface area contributed by atoms with Crippen LogP contribution in [0.25, 0.3) is 0 Å². The highest BCUT2D eigenvalue weighted by Crippen LogP contribution is 2.43. The van der Waals surface area contributed by atoms with Gasteiger partial charge >= 0.3 is 19.8 Å². The molecule has 3 unspecified atom stereocenters. The van der Waals surface area contributed by atoms with Crippen LogP contribution in [0.5, 0.6) is 0 Å². The first kappa shape index (κ1) is 56.5. The third-order valence-electron chi connectivity index (χ3n) is 10.4. The molecule has 0 aliphatic rings. The van der Waals surface area contributed by atoms with E-state index >= 15 is 0 Å². The lowest BCUT2D eigenvalue weighted by Gasteiger charge is -2.20. The normalized spacial score (nSPS) is 13.9. The zero-order valence-corrected chi connectivity index (χ0v) is 38.2. The number of carbonyl (C=O) groups is 2. The largest absolute Gasteiger partial charge is 0.472 e. The molecule has 0 spiro atoms. The number of hydrogen-bond donors (Lipinski definition) is 3. The standard InChI is InChI=1S/C47H89O10P/c1-3-5-7-9-11-13-15-17-19-20-21-22-23-24-25-27-29-31-33-35-37-39-47(51)57-45(43-56-58(52,53)55-41-44(49)40-48)42-54-46(50)38-36-34-32-30-28-26-18-16-14-12-10-8-6-4-2/h15,17,20-21,44-45,48-49H,3-14,16,18-19,22-43H2,1-2H3,(H,52,53)/b17-15-,21-20-. The smallest absolute Gasteiger partial charge is 0.462 e. The Bertz CT molecular complexity index is 1020. The first-order chi connectivity index (χ1) is 28.2. The minimum absolute atomic E-state index is 0.182. The van der Waals surface area contributed by atoms with Crippen molar-refractivity contribution >= 4 is 19.8 Å². The lowest BCUT2D eigenvalue weighted by molar-refractivity contribution is -0.161. The number of unbranched alkanes of at least 4 members (excludes halogenated alkanes) is 27. The van der Waals surface area contributed by atoms with Crippen LogP contribution in [0.4, 0.5) is 0 Å². The van der Waals surface area contributed by atoms with Crippen LogP contribution in [0.1, 0.15) is 226 Å². The maximum atomic E-state index is 12.6. The van der Waals surface area contributed by atoms with Gasteiger partial charge in [-0.2, -0.15) is 0 Å². The summed E-state index contributed by atoms with van der Waals surface area (Å²) >= 11 is 0. The number of phosphoric ester groups is 1. The van der Waals surface area contributed by atoms with Crippen LogP contribution in [0.15, 0.2) is 24.3 Å². The number of aliphatic hydroxyl groups is 2. The van der Waals surface area contributed by atoms with E-state index in [9.17, 15) is 24.2 Å². The lowest BCUT2D eigenvalue weighted by atomic mass is 10.0. The van der Waals surface area contributed by atoms with Gasteiger partial charge < -0.3 is 24.6 Å². The van der Waals surface area contributed by atoms with Gasteiger partial charge in [-0.3, -0.25) is 18.6 Å². The average molecular weight is 845 g/mol. The van der Waals surface area contributed by atoms with Crippen molar-refractivity contribution in [3.63, 3.8) is 0 Å². The summed E-state index contributed by atoms with van der Waals surface area (Å²) < 4.78 is 32.8. The molecule has 0 aliphatic carbocycles. The van der Waals surface area contributed by atoms with Crippen molar-refractivity contribution in [3.8, 4) is 0 Å². The summed E-state index contributed by atoms with van der Waals surface area (Å²) in [5.74, 6) is -0.919. The minimum atomic E-state index is -4.62. The Morgan fingerprint density at radius 1 is 0.517 bits per heavy atom. The van der Waals surface area contributed by atoms with Crippen molar-refractivity contribution in [2.45, 2.75) is 238 Å². The Labute approximate surface area is 355 Å². The molecule has 0 aromatic heterocycles. The topological polar surface area (TPSA) is 149 Å². The molecule has 0 radical (unpaired) electrons. The molecule has 342 valence electrons. The average Bonchev–Trinajstić information content (AvgIpc) is 3.21. The summed E-state index contributed by atoms with van der Waals surface area (Å²) in [7, 11) is -4.62. The maximum Gasteiger partial charge on any atom is 0.472 e. The Kier molecular flexibility index (Phi) is 42.4. The van der Waals surface area contributed by atoms with E-state index in [0.29, 0.717) is 12.8 Å². The quantitative estimate of drug-likeness (QED) is 0.0234. The van der Waals surface area contributed by atoms with Crippen molar-refractivity contribution < 1.29 is 47.8 Å². The zero-order chi connectivity index (χ0) is 42.6. The van der Waals surface area contributed by atoms with Crippen molar-refractivity contribution in [1.82, 2.24) is 0 Å². The van der Waals surface area contributed by atoms with Crippen molar-refractivity contribution in [3.05, 3.63) is 24.3 Å². The van der Waals surface area contributed by atoms with Crippen LogP contribution < -0.4 is 0 Å². The van der Waals surface area contributed by atoms with Gasteiger partial charge in [0.05, 0.1) is 19.8 Å². The third-order valence-corrected chi connectivity index (χ3v) is 11.3. The molecule has 0 bridgehead atoms. The van der Waals surface area contributed by atoms with E-state index in [2.05, 4.69) is 38.2 Å². The van der Waals surface area contributed by atoms with Crippen LogP contribution in [0.3, 0.4) is 0 Å². The minimum Gasteiger partial charge on any atom is -0.462 e. The number of hydrogen-bond acceptors (Lipinski definition) is 9. The Hall–Kier alpha value is -1.55. The fourth-order valence-corrected chi connectivity index (χ4v) is 7.46. The van der Waals surface area contributed by atoms with Gasteiger partial charge in [-0.25, -0.2) is 4.57 Å². The van der Waals surface area contributed by atoms with Gasteiger partial charge in [0.2, 0.25) is 0 Å². The second-order valence-corrected chi connectivity index (χ2v) is 17.6. The van der Waals surface area contributed by atoms with Crippen LogP contribution >= 0.6 is 7.82 Å². The molecule has 10 nitrogen and oxygen atoms in total. The molecular weight excluding hydrogens is 755 g/mol. The molecule has 0 rings (SSSR count). The summed E-state index contributed by atoms with van der Waals surface area (Å²) in [6, 6.07) is 0. The molecule has 0 aromatic carbocycles. The highest BCUT2D eigenvalue weighted by Gasteiger charge is 2.27. The number of allylic oxidation sites excluding steroid dienone is 4. The van der Waals surface area contributed by atoms with Gasteiger partial charge in [0, 0.05) is 12.8 Å². The Balaban J connectivity index is 4.21. The number of rotatable bonds is 45. The summed E-state index contributed by atoms with van der Waals surface area (Å²) in [5, 5.41) is 18.4. The molecule has 0 saturated heterocycles. The van der Waals surface area contributed by atoms with E-state index in [4.69, 9.17) is 23.6 Å². The first-order valence-corrected chi connectivity index (χ1v) is 25.3. The van der Waals surface area contributed by atoms with E-state index < -0.39 is 51.8 Å². The summed E-state index contributed by atoms with van der Waals surface area (Å²) in [6.07, 6.45) is 44.2. The number of esters is 2. The summed E-state index contributed by atoms with van der Waals surface area (Å²) in [4.78, 5) is 35.1. The van der Waals surface area contributed by atoms with Gasteiger partial charge in [-0.15, -0.1) is 0 Å². The molecule has 0 saturated carbocycles. The van der Waals surface area contributed by atoms with Gasteiger partial charge in [0.25, 0.3) is 0 Å². The number of carbonyl (C=O) groups excluding carboxylic acids is 2. The SMILES string of the molecule is CCCCCCC/C=C\C/C=C\CCCCCCCCCCCC(=O)OC(COC(=O)CCCCCCCCCCCCCCCC)COP(=O)(O)OCC(O)CO. The highest BCUT2D eigenvalue weighted by atomic mass is 31.2. The predicted octanol–water partition coefficient (Wildman–Crippen LogP) is 13.0. The zero-order valence-electron chi connectivity index (χ0n) is 37.3. The third kappa shape index (κ3) is 42.6. The van der Waals surface area contributed by atoms with Crippen molar-refractivity contribution in [1.29, 1.82) is 0 Å². The predicted molar refractivity (Wildman–Crippen MR) is 238 cm³/mol. The molecule has 0 aromatic rings. The molecule has 3 N–H and O–H groups in total. The van der Waals surface area contributed by atoms with E-state index in [0.717, 1.165) is 51.4 Å². The maximum absolute atomic E-state index is 12.6. The van der Waals surface area contributed by atoms with Gasteiger partial charge in [-0.05, 0) is 44.9 Å². The second kappa shape index (κ2) is 43.5. The van der Waals surface area contributed by atoms with Gasteiger partial charge in [-0.1, -0.05) is 192 Å². The van der Waals surface area contributed by atoms with Crippen LogP contribution in [-0.4, -0.2) is 65.7 Å².